The number of benzene rings is 2. The zero-order valence-electron chi connectivity index (χ0n) is 24.8. The molecule has 1 N–H and O–H groups in total. The Balaban J connectivity index is 1.36. The van der Waals surface area contributed by atoms with Gasteiger partial charge in [0.15, 0.2) is 12.6 Å². The summed E-state index contributed by atoms with van der Waals surface area (Å²) in [6, 6.07) is 7.25. The standard InChI is InChI=1S/C32H38F7NO4/c1-19(22-14-23(31(34,35)36)16-24(15-22)32(37,38)39)43-27-26(20-4-6-25(33)7-5-20)21(8-13-42-27)17-40-11-9-30(10-12-40)18-29(2,3)28(41)44-30/h4-7,14-16,19,21,26-28,41H,8-13,17-18H2,1-3H3/t19-,21+,26+,27-,28?/m1/s1. The van der Waals surface area contributed by atoms with Crippen molar-refractivity contribution >= 4 is 0 Å². The van der Waals surface area contributed by atoms with E-state index in [1.54, 1.807) is 12.1 Å². The molecule has 1 unspecified atom stereocenters. The van der Waals surface area contributed by atoms with Gasteiger partial charge in [-0.05, 0) is 80.0 Å². The first-order chi connectivity index (χ1) is 20.5. The van der Waals surface area contributed by atoms with Gasteiger partial charge in [-0.15, -0.1) is 0 Å². The average molecular weight is 634 g/mol. The predicted octanol–water partition coefficient (Wildman–Crippen LogP) is 7.69. The monoisotopic (exact) mass is 633 g/mol. The highest BCUT2D eigenvalue weighted by Gasteiger charge is 2.51. The molecule has 2 aromatic rings. The molecule has 0 radical (unpaired) electrons. The van der Waals surface area contributed by atoms with Crippen molar-refractivity contribution in [1.29, 1.82) is 0 Å². The van der Waals surface area contributed by atoms with E-state index in [-0.39, 0.29) is 35.2 Å². The van der Waals surface area contributed by atoms with Crippen molar-refractivity contribution in [1.82, 2.24) is 4.90 Å². The van der Waals surface area contributed by atoms with Crippen molar-refractivity contribution < 1.29 is 50.1 Å². The molecule has 1 spiro atoms. The van der Waals surface area contributed by atoms with Crippen LogP contribution in [0.2, 0.25) is 0 Å². The number of rotatable bonds is 6. The summed E-state index contributed by atoms with van der Waals surface area (Å²) < 4.78 is 113. The van der Waals surface area contributed by atoms with Gasteiger partial charge in [-0.2, -0.15) is 26.3 Å². The van der Waals surface area contributed by atoms with Gasteiger partial charge in [0, 0.05) is 31.0 Å². The van der Waals surface area contributed by atoms with Gasteiger partial charge < -0.3 is 24.2 Å². The van der Waals surface area contributed by atoms with Crippen LogP contribution in [0.3, 0.4) is 0 Å². The van der Waals surface area contributed by atoms with Crippen LogP contribution < -0.4 is 0 Å². The number of aliphatic hydroxyl groups is 1. The predicted molar refractivity (Wildman–Crippen MR) is 147 cm³/mol. The second-order valence-electron chi connectivity index (χ2n) is 13.1. The van der Waals surface area contributed by atoms with Gasteiger partial charge in [-0.25, -0.2) is 4.39 Å². The molecule has 5 atom stereocenters. The van der Waals surface area contributed by atoms with Crippen molar-refractivity contribution in [2.24, 2.45) is 11.3 Å². The van der Waals surface area contributed by atoms with E-state index in [2.05, 4.69) is 4.90 Å². The third-order valence-corrected chi connectivity index (χ3v) is 9.31. The molecule has 12 heteroatoms. The van der Waals surface area contributed by atoms with Gasteiger partial charge in [0.25, 0.3) is 0 Å². The van der Waals surface area contributed by atoms with E-state index < -0.39 is 53.9 Å². The average Bonchev–Trinajstić information content (AvgIpc) is 3.16. The third kappa shape index (κ3) is 7.25. The van der Waals surface area contributed by atoms with Crippen LogP contribution in [0, 0.1) is 17.2 Å². The third-order valence-electron chi connectivity index (χ3n) is 9.31. The van der Waals surface area contributed by atoms with Crippen LogP contribution >= 0.6 is 0 Å². The lowest BCUT2D eigenvalue weighted by Crippen LogP contribution is -2.48. The Bertz CT molecular complexity index is 1260. The summed E-state index contributed by atoms with van der Waals surface area (Å²) >= 11 is 0. The number of hydrogen-bond acceptors (Lipinski definition) is 5. The fourth-order valence-electron chi connectivity index (χ4n) is 6.90. The molecule has 3 aliphatic heterocycles. The molecule has 3 aliphatic rings. The highest BCUT2D eigenvalue weighted by atomic mass is 19.4. The molecule has 44 heavy (non-hydrogen) atoms. The van der Waals surface area contributed by atoms with Crippen molar-refractivity contribution in [2.75, 3.05) is 26.2 Å². The minimum atomic E-state index is -4.98. The smallest absolute Gasteiger partial charge is 0.367 e. The van der Waals surface area contributed by atoms with Crippen LogP contribution in [0.4, 0.5) is 30.7 Å². The van der Waals surface area contributed by atoms with Gasteiger partial charge in [0.2, 0.25) is 0 Å². The molecule has 3 heterocycles. The van der Waals surface area contributed by atoms with Crippen LogP contribution in [-0.4, -0.2) is 54.4 Å². The van der Waals surface area contributed by atoms with Crippen LogP contribution in [-0.2, 0) is 26.6 Å². The number of nitrogens with zero attached hydrogens (tertiary/aromatic N) is 1. The molecule has 0 amide bonds. The molecule has 0 bridgehead atoms. The first-order valence-electron chi connectivity index (χ1n) is 14.9. The number of aliphatic hydroxyl groups excluding tert-OH is 1. The van der Waals surface area contributed by atoms with Crippen LogP contribution in [0.1, 0.15) is 80.7 Å². The number of ether oxygens (including phenoxy) is 3. The highest BCUT2D eigenvalue weighted by Crippen LogP contribution is 2.48. The van der Waals surface area contributed by atoms with E-state index in [0.29, 0.717) is 30.7 Å². The summed E-state index contributed by atoms with van der Waals surface area (Å²) in [4.78, 5) is 2.29. The first kappa shape index (κ1) is 33.1. The fraction of sp³-hybridized carbons (Fsp3) is 0.625. The molecule has 2 aromatic carbocycles. The fourth-order valence-corrected chi connectivity index (χ4v) is 6.90. The first-order valence-corrected chi connectivity index (χ1v) is 14.9. The Morgan fingerprint density at radius 2 is 1.57 bits per heavy atom. The second-order valence-corrected chi connectivity index (χ2v) is 13.1. The number of hydrogen-bond donors (Lipinski definition) is 1. The number of piperidine rings is 1. The summed E-state index contributed by atoms with van der Waals surface area (Å²) in [5.74, 6) is -0.960. The van der Waals surface area contributed by atoms with Gasteiger partial charge in [0.05, 0.1) is 29.4 Å². The summed E-state index contributed by atoms with van der Waals surface area (Å²) in [7, 11) is 0. The molecule has 3 fully saturated rings. The minimum absolute atomic E-state index is 0.0563. The lowest BCUT2D eigenvalue weighted by atomic mass is 9.78. The number of alkyl halides is 6. The Morgan fingerprint density at radius 1 is 0.977 bits per heavy atom. The maximum absolute atomic E-state index is 13.9. The zero-order chi connectivity index (χ0) is 32.1. The molecule has 0 aliphatic carbocycles. The van der Waals surface area contributed by atoms with E-state index in [1.807, 2.05) is 13.8 Å². The van der Waals surface area contributed by atoms with Crippen molar-refractivity contribution in [3.63, 3.8) is 0 Å². The maximum Gasteiger partial charge on any atom is 0.416 e. The Kier molecular flexibility index (Phi) is 9.16. The van der Waals surface area contributed by atoms with Gasteiger partial charge in [-0.1, -0.05) is 26.0 Å². The number of likely N-dealkylation sites (tertiary alicyclic amines) is 1. The quantitative estimate of drug-likeness (QED) is 0.331. The minimum Gasteiger partial charge on any atom is -0.367 e. The summed E-state index contributed by atoms with van der Waals surface area (Å²) in [6.07, 6.45) is -10.1. The molecule has 5 nitrogen and oxygen atoms in total. The van der Waals surface area contributed by atoms with Crippen LogP contribution in [0.5, 0.6) is 0 Å². The van der Waals surface area contributed by atoms with Crippen LogP contribution in [0.25, 0.3) is 0 Å². The van der Waals surface area contributed by atoms with Crippen molar-refractivity contribution in [2.45, 2.75) is 89.0 Å². The van der Waals surface area contributed by atoms with Crippen LogP contribution in [0.15, 0.2) is 42.5 Å². The van der Waals surface area contributed by atoms with E-state index >= 15 is 0 Å². The van der Waals surface area contributed by atoms with Crippen molar-refractivity contribution in [3.8, 4) is 0 Å². The molecule has 5 rings (SSSR count). The normalized spacial score (nSPS) is 28.3. The summed E-state index contributed by atoms with van der Waals surface area (Å²) in [5.41, 5.74) is -3.13. The van der Waals surface area contributed by atoms with Crippen molar-refractivity contribution in [3.05, 3.63) is 70.5 Å². The highest BCUT2D eigenvalue weighted by molar-refractivity contribution is 5.35. The van der Waals surface area contributed by atoms with Gasteiger partial charge in [0.1, 0.15) is 5.82 Å². The Morgan fingerprint density at radius 3 is 2.09 bits per heavy atom. The maximum atomic E-state index is 13.9. The SMILES string of the molecule is C[C@@H](O[C@H]1OCC[C@@H](CN2CCC3(CC2)CC(C)(C)C(O)O3)[C@@H]1c1ccc(F)cc1)c1cc(C(F)(F)F)cc(C(F)(F)F)c1. The molecule has 0 saturated carbocycles. The van der Waals surface area contributed by atoms with E-state index in [9.17, 15) is 35.8 Å². The summed E-state index contributed by atoms with van der Waals surface area (Å²) in [5, 5.41) is 10.4. The summed E-state index contributed by atoms with van der Waals surface area (Å²) in [6.45, 7) is 7.72. The molecular weight excluding hydrogens is 595 g/mol. The lowest BCUT2D eigenvalue weighted by molar-refractivity contribution is -0.211. The number of halogens is 7. The van der Waals surface area contributed by atoms with Gasteiger partial charge in [-0.3, -0.25) is 0 Å². The molecule has 0 aromatic heterocycles. The largest absolute Gasteiger partial charge is 0.416 e. The topological polar surface area (TPSA) is 51.2 Å². The molecular formula is C32H38F7NO4. The Labute approximate surface area is 252 Å². The zero-order valence-corrected chi connectivity index (χ0v) is 24.8. The lowest BCUT2D eigenvalue weighted by Gasteiger charge is -2.44. The molecule has 244 valence electrons. The molecule has 3 saturated heterocycles. The van der Waals surface area contributed by atoms with E-state index in [0.717, 1.165) is 32.4 Å². The van der Waals surface area contributed by atoms with Gasteiger partial charge >= 0.3 is 12.4 Å². The van der Waals surface area contributed by atoms with E-state index in [4.69, 9.17) is 14.2 Å². The Hall–Kier alpha value is -2.25. The second kappa shape index (κ2) is 12.2. The van der Waals surface area contributed by atoms with E-state index in [1.165, 1.54) is 19.1 Å².